The molecule has 5 aromatic rings. The van der Waals surface area contributed by atoms with E-state index in [0.717, 1.165) is 119 Å². The monoisotopic (exact) mass is 868 g/mol. The van der Waals surface area contributed by atoms with E-state index in [0.29, 0.717) is 5.75 Å². The van der Waals surface area contributed by atoms with Crippen molar-refractivity contribution in [2.24, 2.45) is 5.92 Å². The van der Waals surface area contributed by atoms with Crippen molar-refractivity contribution in [3.8, 4) is 0 Å². The van der Waals surface area contributed by atoms with Gasteiger partial charge < -0.3 is 5.32 Å². The molecule has 11 heteroatoms. The first-order valence-corrected chi connectivity index (χ1v) is 24.7. The maximum atomic E-state index is 13.2. The third-order valence-corrected chi connectivity index (χ3v) is 13.8. The van der Waals surface area contributed by atoms with Gasteiger partial charge in [-0.15, -0.1) is 0 Å². The van der Waals surface area contributed by atoms with Crippen LogP contribution in [0, 0.1) is 5.92 Å². The lowest BCUT2D eigenvalue weighted by molar-refractivity contribution is -0.113. The van der Waals surface area contributed by atoms with Crippen molar-refractivity contribution in [3.05, 3.63) is 150 Å². The number of rotatable bonds is 15. The minimum Gasteiger partial charge on any atom is -0.325 e. The summed E-state index contributed by atoms with van der Waals surface area (Å²) in [4.78, 5) is 42.6. The molecule has 1 saturated carbocycles. The Kier molecular flexibility index (Phi) is 19.4. The average Bonchev–Trinajstić information content (AvgIpc) is 3.31. The van der Waals surface area contributed by atoms with Gasteiger partial charge in [0.15, 0.2) is 0 Å². The summed E-state index contributed by atoms with van der Waals surface area (Å²) in [5.41, 5.74) is 6.43. The molecule has 0 radical (unpaired) electrons. The minimum atomic E-state index is 0.0889. The third kappa shape index (κ3) is 16.8. The molecule has 1 atom stereocenters. The van der Waals surface area contributed by atoms with E-state index in [1.807, 2.05) is 60.8 Å². The molecule has 1 aromatic carbocycles. The lowest BCUT2D eigenvalue weighted by atomic mass is 9.94. The fourth-order valence-corrected chi connectivity index (χ4v) is 10.1. The number of carbonyl (C=O) groups excluding carboxylic acids is 1. The van der Waals surface area contributed by atoms with Crippen LogP contribution >= 0.6 is 11.8 Å². The number of aromatic nitrogens is 4. The Morgan fingerprint density at radius 3 is 1.51 bits per heavy atom. The summed E-state index contributed by atoms with van der Waals surface area (Å²) in [6.07, 6.45) is 20.6. The number of anilines is 1. The van der Waals surface area contributed by atoms with E-state index in [9.17, 15) is 4.79 Å². The molecule has 0 bridgehead atoms. The van der Waals surface area contributed by atoms with Crippen LogP contribution in [0.2, 0.25) is 0 Å². The van der Waals surface area contributed by atoms with Gasteiger partial charge in [0.25, 0.3) is 0 Å². The van der Waals surface area contributed by atoms with E-state index in [1.54, 1.807) is 0 Å². The summed E-state index contributed by atoms with van der Waals surface area (Å²) >= 11 is 1.81. The molecule has 10 nitrogen and oxygen atoms in total. The first kappa shape index (κ1) is 46.5. The number of thioether (sulfide) groups is 1. The molecule has 1 unspecified atom stereocenters. The van der Waals surface area contributed by atoms with Crippen LogP contribution in [0.1, 0.15) is 86.1 Å². The summed E-state index contributed by atoms with van der Waals surface area (Å²) in [6, 6.07) is 33.7. The number of nitrogens with one attached hydrogen (secondary N) is 1. The largest absolute Gasteiger partial charge is 0.325 e. The number of hydrogen-bond acceptors (Lipinski definition) is 10. The Hall–Kier alpha value is -4.52. The lowest BCUT2D eigenvalue weighted by Crippen LogP contribution is -2.50. The zero-order valence-electron chi connectivity index (χ0n) is 37.4. The number of carbonyl (C=O) groups is 1. The second kappa shape index (κ2) is 26.3. The van der Waals surface area contributed by atoms with Crippen LogP contribution in [-0.2, 0) is 37.4 Å². The highest BCUT2D eigenvalue weighted by molar-refractivity contribution is 7.99. The molecule has 0 spiro atoms. The number of benzene rings is 1. The fourth-order valence-electron chi connectivity index (χ4n) is 9.04. The van der Waals surface area contributed by atoms with Gasteiger partial charge >= 0.3 is 0 Å². The van der Waals surface area contributed by atoms with E-state index in [2.05, 4.69) is 97.7 Å². The summed E-state index contributed by atoms with van der Waals surface area (Å²) in [7, 11) is 0. The summed E-state index contributed by atoms with van der Waals surface area (Å²) in [5.74, 6) is 2.42. The van der Waals surface area contributed by atoms with Crippen LogP contribution in [0.4, 0.5) is 5.69 Å². The normalized spacial score (nSPS) is 18.8. The second-order valence-electron chi connectivity index (χ2n) is 17.6. The first-order valence-electron chi connectivity index (χ1n) is 23.6. The van der Waals surface area contributed by atoms with E-state index in [-0.39, 0.29) is 11.9 Å². The van der Waals surface area contributed by atoms with Crippen LogP contribution in [0.5, 0.6) is 0 Å². The average molecular weight is 868 g/mol. The minimum absolute atomic E-state index is 0.0889. The number of amides is 1. The van der Waals surface area contributed by atoms with Gasteiger partial charge in [0.1, 0.15) is 0 Å². The van der Waals surface area contributed by atoms with Crippen LogP contribution in [-0.4, -0.2) is 109 Å². The molecule has 2 aliphatic rings. The molecule has 1 N–H and O–H groups in total. The molecule has 7 rings (SSSR count). The Labute approximate surface area is 381 Å². The highest BCUT2D eigenvalue weighted by atomic mass is 32.2. The maximum Gasteiger partial charge on any atom is 0.234 e. The van der Waals surface area contributed by atoms with E-state index in [1.165, 1.54) is 63.4 Å². The Balaban J connectivity index is 1.09. The Bertz CT molecular complexity index is 1980. The highest BCUT2D eigenvalue weighted by Gasteiger charge is 2.26. The fraction of sp³-hybridized carbons (Fsp3) is 0.481. The molecule has 1 aliphatic heterocycles. The summed E-state index contributed by atoms with van der Waals surface area (Å²) < 4.78 is 0. The van der Waals surface area contributed by atoms with Crippen LogP contribution in [0.25, 0.3) is 0 Å². The van der Waals surface area contributed by atoms with Gasteiger partial charge in [-0.05, 0) is 97.2 Å². The quantitative estimate of drug-likeness (QED) is 0.110. The van der Waals surface area contributed by atoms with Gasteiger partial charge in [0.05, 0.1) is 28.5 Å². The summed E-state index contributed by atoms with van der Waals surface area (Å²) in [6.45, 7) is 9.36. The Morgan fingerprint density at radius 2 is 1.00 bits per heavy atom. The third-order valence-electron chi connectivity index (χ3n) is 12.6. The van der Waals surface area contributed by atoms with Gasteiger partial charge in [0.2, 0.25) is 5.91 Å². The van der Waals surface area contributed by atoms with Crippen molar-refractivity contribution in [1.29, 1.82) is 0 Å². The highest BCUT2D eigenvalue weighted by Crippen LogP contribution is 2.25. The van der Waals surface area contributed by atoms with Gasteiger partial charge in [-0.1, -0.05) is 81.3 Å². The van der Waals surface area contributed by atoms with E-state index in [4.69, 9.17) is 19.9 Å². The smallest absolute Gasteiger partial charge is 0.234 e. The molecule has 334 valence electrons. The maximum absolute atomic E-state index is 13.2. The SMILES string of the molecule is O=C(CSCC1CCCCCCCCC1)Nc1ccc(CC2CN(Cc3ccccn3)CCN(Cc3ccccn3)CCN(Cc3ccccn3)CCN2Cc2ccccn2)cc1. The molecule has 2 fully saturated rings. The standard InChI is InChI=1S/C52H69N9OS/c62-52(43-63-42-45-16-6-4-2-1-3-5-7-17-45)57-46-24-22-44(23-25-46)36-51-41-60(39-49-20-10-14-28-55-49)33-32-58(37-47-18-8-12-26-53-47)30-31-59(38-48-19-9-13-27-54-48)34-35-61(51)40-50-21-11-15-29-56-50/h8-15,18-29,45,51H,1-7,16-17,30-43H2,(H,57,62). The number of pyridine rings is 4. The van der Waals surface area contributed by atoms with Gasteiger partial charge in [-0.3, -0.25) is 44.3 Å². The second-order valence-corrected chi connectivity index (χ2v) is 18.6. The zero-order valence-corrected chi connectivity index (χ0v) is 38.2. The zero-order chi connectivity index (χ0) is 43.2. The molecule has 1 amide bonds. The van der Waals surface area contributed by atoms with E-state index >= 15 is 0 Å². The van der Waals surface area contributed by atoms with Crippen LogP contribution in [0.15, 0.2) is 122 Å². The predicted octanol–water partition coefficient (Wildman–Crippen LogP) is 9.01. The molecule has 5 heterocycles. The summed E-state index contributed by atoms with van der Waals surface area (Å²) in [5, 5.41) is 3.21. The van der Waals surface area contributed by atoms with Crippen molar-refractivity contribution in [2.45, 2.75) is 96.4 Å². The predicted molar refractivity (Wildman–Crippen MR) is 258 cm³/mol. The van der Waals surface area contributed by atoms with Crippen molar-refractivity contribution in [2.75, 3.05) is 62.6 Å². The van der Waals surface area contributed by atoms with Crippen molar-refractivity contribution in [1.82, 2.24) is 39.5 Å². The molecule has 63 heavy (non-hydrogen) atoms. The van der Waals surface area contributed by atoms with Gasteiger partial charge in [-0.2, -0.15) is 11.8 Å². The van der Waals surface area contributed by atoms with Crippen LogP contribution < -0.4 is 5.32 Å². The van der Waals surface area contributed by atoms with Gasteiger partial charge in [-0.25, -0.2) is 0 Å². The molecule has 1 saturated heterocycles. The first-order chi connectivity index (χ1) is 31.1. The molecule has 1 aliphatic carbocycles. The van der Waals surface area contributed by atoms with Crippen LogP contribution in [0.3, 0.4) is 0 Å². The topological polar surface area (TPSA) is 93.6 Å². The molecule has 4 aromatic heterocycles. The van der Waals surface area contributed by atoms with Gasteiger partial charge in [0, 0.05) is 109 Å². The number of hydrogen-bond donors (Lipinski definition) is 1. The van der Waals surface area contributed by atoms with Crippen molar-refractivity contribution in [3.63, 3.8) is 0 Å². The Morgan fingerprint density at radius 1 is 0.540 bits per heavy atom. The number of nitrogens with zero attached hydrogens (tertiary/aromatic N) is 8. The molecular formula is C52H69N9OS. The van der Waals surface area contributed by atoms with Crippen molar-refractivity contribution < 1.29 is 4.79 Å². The molecular weight excluding hydrogens is 799 g/mol. The lowest BCUT2D eigenvalue weighted by Gasteiger charge is -2.39. The van der Waals surface area contributed by atoms with E-state index < -0.39 is 0 Å². The van der Waals surface area contributed by atoms with Crippen molar-refractivity contribution >= 4 is 23.4 Å².